The van der Waals surface area contributed by atoms with Crippen molar-refractivity contribution in [2.24, 2.45) is 7.05 Å². The van der Waals surface area contributed by atoms with E-state index in [0.29, 0.717) is 36.5 Å². The molecule has 3 aromatic rings. The van der Waals surface area contributed by atoms with E-state index in [1.807, 2.05) is 30.3 Å². The van der Waals surface area contributed by atoms with Gasteiger partial charge in [-0.1, -0.05) is 42.5 Å². The largest absolute Gasteiger partial charge is 0.416 e. The van der Waals surface area contributed by atoms with Crippen LogP contribution in [0.15, 0.2) is 64.2 Å². The zero-order chi connectivity index (χ0) is 21.5. The smallest absolute Gasteiger partial charge is 0.299 e. The molecule has 156 valence electrons. The third-order valence-corrected chi connectivity index (χ3v) is 5.40. The van der Waals surface area contributed by atoms with Crippen molar-refractivity contribution in [3.8, 4) is 0 Å². The van der Waals surface area contributed by atoms with Crippen LogP contribution >= 0.6 is 0 Å². The standard InChI is InChI=1S/C22H20F3N3O2/c1-26-19-14-27(11-15-5-3-2-4-6-15)13-18(19)20(29)28(21(26)30)12-16-7-9-17(10-8-16)22(23,24)25/h2-10H,11-14H2,1H3. The summed E-state index contributed by atoms with van der Waals surface area (Å²) < 4.78 is 40.8. The fraction of sp³-hybridized carbons (Fsp3) is 0.273. The summed E-state index contributed by atoms with van der Waals surface area (Å²) in [7, 11) is 1.62. The summed E-state index contributed by atoms with van der Waals surface area (Å²) in [6.07, 6.45) is -4.43. The molecule has 1 aromatic heterocycles. The van der Waals surface area contributed by atoms with E-state index in [1.54, 1.807) is 7.05 Å². The predicted octanol–water partition coefficient (Wildman–Crippen LogP) is 3.13. The van der Waals surface area contributed by atoms with Gasteiger partial charge in [0.1, 0.15) is 0 Å². The van der Waals surface area contributed by atoms with E-state index in [9.17, 15) is 22.8 Å². The fourth-order valence-corrected chi connectivity index (χ4v) is 3.80. The first-order chi connectivity index (χ1) is 14.2. The van der Waals surface area contributed by atoms with Gasteiger partial charge in [0, 0.05) is 32.4 Å². The second kappa shape index (κ2) is 7.60. The van der Waals surface area contributed by atoms with Crippen LogP contribution in [0.3, 0.4) is 0 Å². The van der Waals surface area contributed by atoms with Crippen LogP contribution in [-0.2, 0) is 39.4 Å². The van der Waals surface area contributed by atoms with E-state index in [2.05, 4.69) is 4.90 Å². The quantitative estimate of drug-likeness (QED) is 0.658. The van der Waals surface area contributed by atoms with Crippen molar-refractivity contribution in [2.45, 2.75) is 32.4 Å². The number of rotatable bonds is 4. The molecule has 2 aromatic carbocycles. The maximum absolute atomic E-state index is 13.0. The zero-order valence-corrected chi connectivity index (χ0v) is 16.3. The third-order valence-electron chi connectivity index (χ3n) is 5.40. The van der Waals surface area contributed by atoms with Gasteiger partial charge >= 0.3 is 11.9 Å². The van der Waals surface area contributed by atoms with Gasteiger partial charge in [-0.2, -0.15) is 13.2 Å². The molecule has 0 fully saturated rings. The first kappa shape index (κ1) is 20.2. The van der Waals surface area contributed by atoms with Crippen molar-refractivity contribution >= 4 is 0 Å². The van der Waals surface area contributed by atoms with Crippen molar-refractivity contribution < 1.29 is 13.2 Å². The topological polar surface area (TPSA) is 47.2 Å². The summed E-state index contributed by atoms with van der Waals surface area (Å²) in [5.41, 5.74) is 1.19. The number of fused-ring (bicyclic) bond motifs is 1. The lowest BCUT2D eigenvalue weighted by Gasteiger charge is -2.14. The lowest BCUT2D eigenvalue weighted by atomic mass is 10.1. The van der Waals surface area contributed by atoms with Crippen molar-refractivity contribution in [1.29, 1.82) is 0 Å². The predicted molar refractivity (Wildman–Crippen MR) is 106 cm³/mol. The minimum Gasteiger partial charge on any atom is -0.299 e. The van der Waals surface area contributed by atoms with Gasteiger partial charge in [0.2, 0.25) is 0 Å². The molecule has 0 unspecified atom stereocenters. The molecule has 0 bridgehead atoms. The van der Waals surface area contributed by atoms with Crippen molar-refractivity contribution in [1.82, 2.24) is 14.0 Å². The average Bonchev–Trinajstić information content (AvgIpc) is 3.14. The number of hydrogen-bond acceptors (Lipinski definition) is 3. The van der Waals surface area contributed by atoms with Crippen molar-refractivity contribution in [2.75, 3.05) is 0 Å². The Balaban J connectivity index is 1.62. The number of aromatic nitrogens is 2. The molecule has 1 aliphatic heterocycles. The summed E-state index contributed by atoms with van der Waals surface area (Å²) in [6.45, 7) is 1.49. The molecule has 0 spiro atoms. The van der Waals surface area contributed by atoms with Crippen LogP contribution in [0.4, 0.5) is 13.2 Å². The Morgan fingerprint density at radius 1 is 0.867 bits per heavy atom. The summed E-state index contributed by atoms with van der Waals surface area (Å²) >= 11 is 0. The molecule has 4 rings (SSSR count). The van der Waals surface area contributed by atoms with Gasteiger partial charge in [-0.05, 0) is 23.3 Å². The number of halogens is 3. The molecule has 0 atom stereocenters. The highest BCUT2D eigenvalue weighted by molar-refractivity contribution is 5.27. The van der Waals surface area contributed by atoms with Crippen LogP contribution in [0.25, 0.3) is 0 Å². The third kappa shape index (κ3) is 3.82. The lowest BCUT2D eigenvalue weighted by Crippen LogP contribution is -2.41. The molecule has 0 radical (unpaired) electrons. The van der Waals surface area contributed by atoms with Crippen molar-refractivity contribution in [3.05, 3.63) is 103 Å². The van der Waals surface area contributed by atoms with Gasteiger partial charge in [0.25, 0.3) is 5.56 Å². The molecular weight excluding hydrogens is 395 g/mol. The van der Waals surface area contributed by atoms with Gasteiger partial charge in [0.15, 0.2) is 0 Å². The van der Waals surface area contributed by atoms with E-state index in [0.717, 1.165) is 22.3 Å². The monoisotopic (exact) mass is 415 g/mol. The van der Waals surface area contributed by atoms with Crippen LogP contribution in [0, 0.1) is 0 Å². The SMILES string of the molecule is Cn1c2c(c(=O)n(Cc3ccc(C(F)(F)F)cc3)c1=O)CN(Cc1ccccc1)C2. The Labute approximate surface area is 170 Å². The molecule has 1 aliphatic rings. The molecule has 8 heteroatoms. The fourth-order valence-electron chi connectivity index (χ4n) is 3.80. The second-order valence-electron chi connectivity index (χ2n) is 7.48. The van der Waals surface area contributed by atoms with Crippen LogP contribution in [0.2, 0.25) is 0 Å². The molecule has 0 aliphatic carbocycles. The van der Waals surface area contributed by atoms with Gasteiger partial charge in [-0.25, -0.2) is 4.79 Å². The van der Waals surface area contributed by atoms with Gasteiger partial charge in [-0.15, -0.1) is 0 Å². The van der Waals surface area contributed by atoms with Crippen LogP contribution in [-0.4, -0.2) is 14.0 Å². The Morgan fingerprint density at radius 2 is 1.50 bits per heavy atom. The molecule has 0 amide bonds. The van der Waals surface area contributed by atoms with E-state index in [4.69, 9.17) is 0 Å². The number of hydrogen-bond donors (Lipinski definition) is 0. The first-order valence-corrected chi connectivity index (χ1v) is 9.48. The number of nitrogens with zero attached hydrogens (tertiary/aromatic N) is 3. The maximum Gasteiger partial charge on any atom is 0.416 e. The number of alkyl halides is 3. The van der Waals surface area contributed by atoms with Gasteiger partial charge in [0.05, 0.1) is 17.7 Å². The Bertz CT molecular complexity index is 1180. The second-order valence-corrected chi connectivity index (χ2v) is 7.48. The summed E-state index contributed by atoms with van der Waals surface area (Å²) in [5.74, 6) is 0. The Morgan fingerprint density at radius 3 is 2.13 bits per heavy atom. The molecule has 0 saturated carbocycles. The molecule has 0 N–H and O–H groups in total. The highest BCUT2D eigenvalue weighted by Crippen LogP contribution is 2.29. The van der Waals surface area contributed by atoms with Crippen molar-refractivity contribution in [3.63, 3.8) is 0 Å². The summed E-state index contributed by atoms with van der Waals surface area (Å²) in [6, 6.07) is 14.4. The molecule has 2 heterocycles. The van der Waals surface area contributed by atoms with E-state index >= 15 is 0 Å². The lowest BCUT2D eigenvalue weighted by molar-refractivity contribution is -0.137. The average molecular weight is 415 g/mol. The van der Waals surface area contributed by atoms with Gasteiger partial charge in [-0.3, -0.25) is 18.8 Å². The molecular formula is C22H20F3N3O2. The number of benzene rings is 2. The van der Waals surface area contributed by atoms with E-state index in [1.165, 1.54) is 16.7 Å². The van der Waals surface area contributed by atoms with Crippen LogP contribution < -0.4 is 11.2 Å². The minimum absolute atomic E-state index is 0.0738. The van der Waals surface area contributed by atoms with Gasteiger partial charge < -0.3 is 0 Å². The first-order valence-electron chi connectivity index (χ1n) is 9.48. The maximum atomic E-state index is 13.0. The summed E-state index contributed by atoms with van der Waals surface area (Å²) in [5, 5.41) is 0. The zero-order valence-electron chi connectivity index (χ0n) is 16.3. The highest BCUT2D eigenvalue weighted by Gasteiger charge is 2.30. The summed E-state index contributed by atoms with van der Waals surface area (Å²) in [4.78, 5) is 27.9. The molecule has 5 nitrogen and oxygen atoms in total. The molecule has 30 heavy (non-hydrogen) atoms. The molecule has 0 saturated heterocycles. The van der Waals surface area contributed by atoms with E-state index in [-0.39, 0.29) is 12.1 Å². The normalized spacial score (nSPS) is 14.1. The Hall–Kier alpha value is -3.13. The van der Waals surface area contributed by atoms with E-state index < -0.39 is 17.4 Å². The Kier molecular flexibility index (Phi) is 5.11. The van der Waals surface area contributed by atoms with Crippen LogP contribution in [0.5, 0.6) is 0 Å². The van der Waals surface area contributed by atoms with Crippen LogP contribution in [0.1, 0.15) is 27.9 Å². The highest BCUT2D eigenvalue weighted by atomic mass is 19.4. The minimum atomic E-state index is -4.43.